The highest BCUT2D eigenvalue weighted by molar-refractivity contribution is 7.89. The first-order chi connectivity index (χ1) is 8.44. The number of nitrogens with two attached hydrogens (primary N) is 1. The van der Waals surface area contributed by atoms with Crippen molar-refractivity contribution in [3.05, 3.63) is 29.6 Å². The third-order valence-corrected chi connectivity index (χ3v) is 4.65. The largest absolute Gasteiger partial charge is 0.329 e. The molecule has 1 saturated carbocycles. The van der Waals surface area contributed by atoms with Crippen LogP contribution < -0.4 is 10.5 Å². The lowest BCUT2D eigenvalue weighted by Crippen LogP contribution is -2.41. The summed E-state index contributed by atoms with van der Waals surface area (Å²) in [6.45, 7) is 1.94. The van der Waals surface area contributed by atoms with Gasteiger partial charge in [-0.3, -0.25) is 0 Å². The van der Waals surface area contributed by atoms with Crippen LogP contribution in [0.4, 0.5) is 4.39 Å². The lowest BCUT2D eigenvalue weighted by molar-refractivity contribution is 0.511. The van der Waals surface area contributed by atoms with Crippen molar-refractivity contribution in [2.24, 2.45) is 11.7 Å². The van der Waals surface area contributed by atoms with Crippen molar-refractivity contribution in [3.8, 4) is 0 Å². The van der Waals surface area contributed by atoms with Crippen molar-refractivity contribution in [1.82, 2.24) is 4.72 Å². The molecule has 2 rings (SSSR count). The molecular formula is C12H17FN2O2S. The van der Waals surface area contributed by atoms with Gasteiger partial charge in [-0.1, -0.05) is 6.07 Å². The molecule has 18 heavy (non-hydrogen) atoms. The maximum atomic E-state index is 13.7. The number of hydrogen-bond donors (Lipinski definition) is 2. The molecule has 1 atom stereocenters. The van der Waals surface area contributed by atoms with Gasteiger partial charge < -0.3 is 5.73 Å². The van der Waals surface area contributed by atoms with Gasteiger partial charge in [0.1, 0.15) is 10.7 Å². The minimum Gasteiger partial charge on any atom is -0.329 e. The van der Waals surface area contributed by atoms with Crippen LogP contribution >= 0.6 is 0 Å². The van der Waals surface area contributed by atoms with Gasteiger partial charge in [-0.25, -0.2) is 17.5 Å². The first-order valence-corrected chi connectivity index (χ1v) is 7.41. The second-order valence-corrected chi connectivity index (χ2v) is 6.42. The summed E-state index contributed by atoms with van der Waals surface area (Å²) in [6.07, 6.45) is 1.95. The van der Waals surface area contributed by atoms with Gasteiger partial charge in [0.05, 0.1) is 0 Å². The van der Waals surface area contributed by atoms with Gasteiger partial charge in [0, 0.05) is 12.6 Å². The van der Waals surface area contributed by atoms with Gasteiger partial charge in [0.15, 0.2) is 0 Å². The summed E-state index contributed by atoms with van der Waals surface area (Å²) < 4.78 is 40.3. The van der Waals surface area contributed by atoms with Crippen LogP contribution in [0, 0.1) is 18.7 Å². The Balaban J connectivity index is 2.24. The summed E-state index contributed by atoms with van der Waals surface area (Å²) in [6, 6.07) is 3.78. The highest BCUT2D eigenvalue weighted by atomic mass is 32.2. The van der Waals surface area contributed by atoms with Crippen LogP contribution in [0.15, 0.2) is 23.1 Å². The molecule has 1 aromatic rings. The summed E-state index contributed by atoms with van der Waals surface area (Å²) in [5.74, 6) is -0.438. The number of halogens is 1. The molecule has 0 radical (unpaired) electrons. The van der Waals surface area contributed by atoms with Gasteiger partial charge >= 0.3 is 0 Å². The second kappa shape index (κ2) is 4.95. The van der Waals surface area contributed by atoms with Crippen LogP contribution in [-0.4, -0.2) is 21.0 Å². The molecule has 0 saturated heterocycles. The van der Waals surface area contributed by atoms with Crippen LogP contribution in [-0.2, 0) is 10.0 Å². The van der Waals surface area contributed by atoms with Crippen molar-refractivity contribution in [2.75, 3.05) is 6.54 Å². The molecular weight excluding hydrogens is 255 g/mol. The zero-order chi connectivity index (χ0) is 13.3. The molecule has 1 aromatic carbocycles. The van der Waals surface area contributed by atoms with E-state index in [9.17, 15) is 12.8 Å². The minimum absolute atomic E-state index is 0.234. The zero-order valence-corrected chi connectivity index (χ0v) is 11.0. The normalized spacial score (nSPS) is 17.7. The molecule has 0 unspecified atom stereocenters. The van der Waals surface area contributed by atoms with E-state index in [2.05, 4.69) is 4.72 Å². The topological polar surface area (TPSA) is 72.2 Å². The molecule has 1 aliphatic rings. The number of nitrogens with one attached hydrogen (secondary N) is 1. The maximum absolute atomic E-state index is 13.7. The van der Waals surface area contributed by atoms with Gasteiger partial charge in [0.2, 0.25) is 10.0 Å². The van der Waals surface area contributed by atoms with Gasteiger partial charge in [-0.15, -0.1) is 0 Å². The number of benzene rings is 1. The fraction of sp³-hybridized carbons (Fsp3) is 0.500. The predicted octanol–water partition coefficient (Wildman–Crippen LogP) is 1.15. The molecule has 0 spiro atoms. The fourth-order valence-corrected chi connectivity index (χ4v) is 3.30. The average Bonchev–Trinajstić information content (AvgIpc) is 3.09. The number of hydrogen-bond acceptors (Lipinski definition) is 3. The molecule has 0 bridgehead atoms. The minimum atomic E-state index is -3.83. The van der Waals surface area contributed by atoms with E-state index in [0.717, 1.165) is 12.8 Å². The Labute approximate surface area is 106 Å². The maximum Gasteiger partial charge on any atom is 0.243 e. The summed E-state index contributed by atoms with van der Waals surface area (Å²) in [4.78, 5) is -0.313. The van der Waals surface area contributed by atoms with Crippen LogP contribution in [0.1, 0.15) is 18.4 Å². The molecule has 0 heterocycles. The smallest absolute Gasteiger partial charge is 0.243 e. The van der Waals surface area contributed by atoms with E-state index in [4.69, 9.17) is 5.73 Å². The van der Waals surface area contributed by atoms with Crippen LogP contribution in [0.5, 0.6) is 0 Å². The lowest BCUT2D eigenvalue weighted by atomic mass is 10.2. The summed E-state index contributed by atoms with van der Waals surface area (Å²) in [5, 5.41) is 0. The summed E-state index contributed by atoms with van der Waals surface area (Å²) in [7, 11) is -3.83. The highest BCUT2D eigenvalue weighted by Gasteiger charge is 2.34. The SMILES string of the molecule is Cc1ccc(S(=O)(=O)N[C@H](CN)C2CC2)c(F)c1. The van der Waals surface area contributed by atoms with Crippen LogP contribution in [0.25, 0.3) is 0 Å². The molecule has 0 aromatic heterocycles. The van der Waals surface area contributed by atoms with E-state index in [1.165, 1.54) is 12.1 Å². The van der Waals surface area contributed by atoms with Crippen LogP contribution in [0.3, 0.4) is 0 Å². The van der Waals surface area contributed by atoms with E-state index < -0.39 is 15.8 Å². The average molecular weight is 272 g/mol. The van der Waals surface area contributed by atoms with E-state index in [1.807, 2.05) is 0 Å². The lowest BCUT2D eigenvalue weighted by Gasteiger charge is -2.16. The fourth-order valence-electron chi connectivity index (χ4n) is 1.92. The standard InChI is InChI=1S/C12H17FN2O2S/c1-8-2-5-12(10(13)6-8)18(16,17)15-11(7-14)9-3-4-9/h2,5-6,9,11,15H,3-4,7,14H2,1H3/t11-/m1/s1. The van der Waals surface area contributed by atoms with E-state index in [-0.39, 0.29) is 17.5 Å². The van der Waals surface area contributed by atoms with Gasteiger partial charge in [-0.05, 0) is 43.4 Å². The zero-order valence-electron chi connectivity index (χ0n) is 10.2. The first-order valence-electron chi connectivity index (χ1n) is 5.92. The third-order valence-electron chi connectivity index (χ3n) is 3.13. The van der Waals surface area contributed by atoms with E-state index in [0.29, 0.717) is 11.5 Å². The van der Waals surface area contributed by atoms with Crippen LogP contribution in [0.2, 0.25) is 0 Å². The number of rotatable bonds is 5. The van der Waals surface area contributed by atoms with Gasteiger partial charge in [-0.2, -0.15) is 0 Å². The van der Waals surface area contributed by atoms with Gasteiger partial charge in [0.25, 0.3) is 0 Å². The Kier molecular flexibility index (Phi) is 3.70. The second-order valence-electron chi connectivity index (χ2n) is 4.73. The molecule has 0 amide bonds. The molecule has 4 nitrogen and oxygen atoms in total. The first kappa shape index (κ1) is 13.5. The van der Waals surface area contributed by atoms with Crippen molar-refractivity contribution >= 4 is 10.0 Å². The molecule has 100 valence electrons. The van der Waals surface area contributed by atoms with Crippen molar-refractivity contribution in [2.45, 2.75) is 30.7 Å². The molecule has 3 N–H and O–H groups in total. The Morgan fingerprint density at radius 2 is 2.17 bits per heavy atom. The highest BCUT2D eigenvalue weighted by Crippen LogP contribution is 2.33. The third kappa shape index (κ3) is 2.88. The van der Waals surface area contributed by atoms with E-state index >= 15 is 0 Å². The van der Waals surface area contributed by atoms with Crippen molar-refractivity contribution in [1.29, 1.82) is 0 Å². The molecule has 6 heteroatoms. The summed E-state index contributed by atoms with van der Waals surface area (Å²) in [5.41, 5.74) is 6.22. The Hall–Kier alpha value is -0.980. The predicted molar refractivity (Wildman–Crippen MR) is 67.0 cm³/mol. The van der Waals surface area contributed by atoms with Crippen molar-refractivity contribution in [3.63, 3.8) is 0 Å². The Morgan fingerprint density at radius 1 is 1.50 bits per heavy atom. The monoisotopic (exact) mass is 272 g/mol. The Bertz CT molecular complexity index is 541. The molecule has 1 fully saturated rings. The number of aryl methyl sites for hydroxylation is 1. The Morgan fingerprint density at radius 3 is 2.67 bits per heavy atom. The van der Waals surface area contributed by atoms with Crippen molar-refractivity contribution < 1.29 is 12.8 Å². The molecule has 0 aliphatic heterocycles. The van der Waals surface area contributed by atoms with E-state index in [1.54, 1.807) is 13.0 Å². The summed E-state index contributed by atoms with van der Waals surface area (Å²) >= 11 is 0. The quantitative estimate of drug-likeness (QED) is 0.844. The molecule has 1 aliphatic carbocycles. The number of sulfonamides is 1.